The maximum atomic E-state index is 14.6. The molecule has 0 N–H and O–H groups in total. The van der Waals surface area contributed by atoms with Gasteiger partial charge in [-0.05, 0) is 221 Å². The lowest BCUT2D eigenvalue weighted by atomic mass is 9.77. The highest BCUT2D eigenvalue weighted by molar-refractivity contribution is 6.37. The Labute approximate surface area is 471 Å². The maximum absolute atomic E-state index is 14.6. The number of carbonyl (C=O) groups excluding carboxylic acids is 4. The van der Waals surface area contributed by atoms with Crippen molar-refractivity contribution in [3.63, 3.8) is 0 Å². The first kappa shape index (κ1) is 53.7. The van der Waals surface area contributed by atoms with Gasteiger partial charge in [0.15, 0.2) is 12.6 Å². The molecule has 0 saturated carbocycles. The van der Waals surface area contributed by atoms with Crippen LogP contribution in [-0.4, -0.2) is 49.4 Å². The maximum Gasteiger partial charge on any atom is 0.266 e. The molecule has 414 valence electrons. The molecule has 6 aliphatic rings. The quantitative estimate of drug-likeness (QED) is 0.105. The molecule has 2 aliphatic carbocycles. The van der Waals surface area contributed by atoms with Crippen LogP contribution in [0.4, 0.5) is 11.4 Å². The molecule has 10 nitrogen and oxygen atoms in total. The van der Waals surface area contributed by atoms with Crippen molar-refractivity contribution in [2.75, 3.05) is 23.0 Å². The fraction of sp³-hybridized carbons (Fsp3) is 0.429. The number of benzene rings is 6. The number of fused-ring (bicyclic) bond motifs is 6. The SMILES string of the molecule is CC1=Cc2cc3cc4c(cc3cc2C[C@@H]1CCC1=Cc2cc3cc5c(cc3cc2CC1C)C(=O)N(c1c(C(C)C)cc(OC2CCCCO2)cc1C(C)C)C5=O)C(=O)N(c1c(C(C)C)cc(OC2CCCCO2)cc1C(C)C)C4=O. The van der Waals surface area contributed by atoms with E-state index in [9.17, 15) is 19.2 Å². The lowest BCUT2D eigenvalue weighted by molar-refractivity contribution is -0.106. The van der Waals surface area contributed by atoms with Crippen molar-refractivity contribution >= 4 is 68.7 Å². The molecule has 3 unspecified atom stereocenters. The minimum Gasteiger partial charge on any atom is -0.465 e. The van der Waals surface area contributed by atoms with Gasteiger partial charge in [-0.15, -0.1) is 0 Å². The van der Waals surface area contributed by atoms with Crippen LogP contribution in [0.15, 0.2) is 83.9 Å². The van der Waals surface area contributed by atoms with Gasteiger partial charge in [-0.2, -0.15) is 0 Å². The summed E-state index contributed by atoms with van der Waals surface area (Å²) >= 11 is 0. The lowest BCUT2D eigenvalue weighted by Crippen LogP contribution is -2.32. The molecule has 6 aromatic rings. The van der Waals surface area contributed by atoms with Gasteiger partial charge >= 0.3 is 0 Å². The third-order valence-electron chi connectivity index (χ3n) is 18.0. The van der Waals surface area contributed by atoms with Crippen LogP contribution in [-0.2, 0) is 22.3 Å². The van der Waals surface area contributed by atoms with Crippen molar-refractivity contribution < 1.29 is 38.1 Å². The zero-order valence-corrected chi connectivity index (χ0v) is 48.3. The number of imide groups is 2. The van der Waals surface area contributed by atoms with Gasteiger partial charge in [0.1, 0.15) is 11.5 Å². The number of amides is 4. The molecule has 0 spiro atoms. The molecule has 2 saturated heterocycles. The Balaban J connectivity index is 0.777. The Hall–Kier alpha value is -6.88. The Kier molecular flexibility index (Phi) is 14.3. The van der Waals surface area contributed by atoms with E-state index in [0.29, 0.717) is 70.2 Å². The second-order valence-electron chi connectivity index (χ2n) is 25.0. The summed E-state index contributed by atoms with van der Waals surface area (Å²) in [7, 11) is 0. The Morgan fingerprint density at radius 2 is 0.887 bits per heavy atom. The first-order valence-electron chi connectivity index (χ1n) is 29.7. The van der Waals surface area contributed by atoms with Gasteiger partial charge < -0.3 is 18.9 Å². The van der Waals surface area contributed by atoms with E-state index >= 15 is 0 Å². The van der Waals surface area contributed by atoms with Crippen molar-refractivity contribution in [3.05, 3.63) is 151 Å². The van der Waals surface area contributed by atoms with Gasteiger partial charge in [-0.3, -0.25) is 19.2 Å². The summed E-state index contributed by atoms with van der Waals surface area (Å²) in [6.07, 6.45) is 13.6. The first-order valence-corrected chi connectivity index (χ1v) is 29.7. The minimum atomic E-state index is -0.307. The summed E-state index contributed by atoms with van der Waals surface area (Å²) < 4.78 is 24.6. The number of ether oxygens (including phenoxy) is 4. The van der Waals surface area contributed by atoms with E-state index in [1.165, 1.54) is 37.6 Å². The van der Waals surface area contributed by atoms with Crippen molar-refractivity contribution in [1.29, 1.82) is 0 Å². The van der Waals surface area contributed by atoms with Gasteiger partial charge in [0.05, 0.1) is 46.8 Å². The van der Waals surface area contributed by atoms with Crippen LogP contribution in [0.5, 0.6) is 11.5 Å². The molecule has 12 rings (SSSR count). The second kappa shape index (κ2) is 21.2. The summed E-state index contributed by atoms with van der Waals surface area (Å²) in [6.45, 7) is 22.7. The van der Waals surface area contributed by atoms with Crippen LogP contribution in [0.3, 0.4) is 0 Å². The number of hydrogen-bond acceptors (Lipinski definition) is 8. The van der Waals surface area contributed by atoms with Gasteiger partial charge in [0, 0.05) is 12.8 Å². The molecule has 4 amide bonds. The van der Waals surface area contributed by atoms with E-state index in [2.05, 4.69) is 106 Å². The fourth-order valence-corrected chi connectivity index (χ4v) is 13.4. The largest absolute Gasteiger partial charge is 0.465 e. The fourth-order valence-electron chi connectivity index (χ4n) is 13.4. The van der Waals surface area contributed by atoms with Crippen molar-refractivity contribution in [3.8, 4) is 11.5 Å². The van der Waals surface area contributed by atoms with Gasteiger partial charge in [-0.25, -0.2) is 9.80 Å². The molecular formula is C70H76N2O8. The highest BCUT2D eigenvalue weighted by Gasteiger charge is 2.42. The number of nitrogens with zero attached hydrogens (tertiary/aromatic N) is 2. The average molecular weight is 1070 g/mol. The number of allylic oxidation sites excluding steroid dienone is 2. The summed E-state index contributed by atoms with van der Waals surface area (Å²) in [5, 5.41) is 3.83. The van der Waals surface area contributed by atoms with E-state index < -0.39 is 0 Å². The van der Waals surface area contributed by atoms with Crippen LogP contribution >= 0.6 is 0 Å². The summed E-state index contributed by atoms with van der Waals surface area (Å²) in [4.78, 5) is 61.3. The van der Waals surface area contributed by atoms with E-state index in [4.69, 9.17) is 18.9 Å². The van der Waals surface area contributed by atoms with Crippen LogP contribution in [0.2, 0.25) is 0 Å². The molecule has 6 aromatic carbocycles. The van der Waals surface area contributed by atoms with Crippen molar-refractivity contribution in [1.82, 2.24) is 0 Å². The number of anilines is 2. The molecule has 4 aliphatic heterocycles. The van der Waals surface area contributed by atoms with E-state index in [1.807, 2.05) is 48.5 Å². The minimum absolute atomic E-state index is 0.0251. The lowest BCUT2D eigenvalue weighted by Gasteiger charge is -2.28. The molecule has 80 heavy (non-hydrogen) atoms. The third-order valence-corrected chi connectivity index (χ3v) is 18.0. The molecule has 4 atom stereocenters. The number of rotatable bonds is 13. The summed E-state index contributed by atoms with van der Waals surface area (Å²) in [6, 6.07) is 24.6. The van der Waals surface area contributed by atoms with Crippen LogP contribution in [0.1, 0.15) is 230 Å². The summed E-state index contributed by atoms with van der Waals surface area (Å²) in [5.41, 5.74) is 14.3. The van der Waals surface area contributed by atoms with Crippen molar-refractivity contribution in [2.45, 2.75) is 170 Å². The number of carbonyl (C=O) groups is 4. The predicted octanol–water partition coefficient (Wildman–Crippen LogP) is 16.5. The normalized spacial score (nSPS) is 21.0. The number of hydrogen-bond donors (Lipinski definition) is 0. The Morgan fingerprint density at radius 1 is 0.500 bits per heavy atom. The summed E-state index contributed by atoms with van der Waals surface area (Å²) in [5.74, 6) is 1.05. The Morgan fingerprint density at radius 3 is 1.27 bits per heavy atom. The molecule has 4 heterocycles. The van der Waals surface area contributed by atoms with Gasteiger partial charge in [-0.1, -0.05) is 97.7 Å². The predicted molar refractivity (Wildman–Crippen MR) is 319 cm³/mol. The zero-order valence-electron chi connectivity index (χ0n) is 48.3. The molecule has 10 heteroatoms. The molecule has 0 bridgehead atoms. The molecule has 2 fully saturated rings. The monoisotopic (exact) mass is 1070 g/mol. The second-order valence-corrected chi connectivity index (χ2v) is 25.0. The van der Waals surface area contributed by atoms with E-state index in [-0.39, 0.29) is 59.9 Å². The van der Waals surface area contributed by atoms with Crippen LogP contribution < -0.4 is 19.3 Å². The van der Waals surface area contributed by atoms with E-state index in [0.717, 1.165) is 114 Å². The smallest absolute Gasteiger partial charge is 0.266 e. The highest BCUT2D eigenvalue weighted by atomic mass is 16.7. The Bertz CT molecular complexity index is 3560. The molecule has 0 aromatic heterocycles. The standard InChI is InChI=1S/C70H76N2O8/c1-37(2)55-33-53(79-63-15-11-13-19-77-63)34-56(38(3)4)65(55)71-67(73)59-29-49-25-45-21-41(9)43(23-47(45)27-51(49)31-61(59)69(71)75)17-18-44-24-48-28-52-32-62-60(30-50(52)26-46(48)22-42(44)10)68(74)72(70(62)76)66-57(39(5)6)35-54(36-58(66)40(7)8)80-64-16-12-14-20-78-64/h21,24-40,42-43,63-64H,11-20,22-23H2,1-10H3/t42?,43-,63?,64?/m0/s1. The topological polar surface area (TPSA) is 112 Å². The highest BCUT2D eigenvalue weighted by Crippen LogP contribution is 2.47. The van der Waals surface area contributed by atoms with E-state index in [1.54, 1.807) is 0 Å². The third kappa shape index (κ3) is 9.67. The van der Waals surface area contributed by atoms with Crippen LogP contribution in [0.25, 0.3) is 33.7 Å². The van der Waals surface area contributed by atoms with Crippen LogP contribution in [0, 0.1) is 11.8 Å². The van der Waals surface area contributed by atoms with Gasteiger partial charge in [0.2, 0.25) is 0 Å². The van der Waals surface area contributed by atoms with Gasteiger partial charge in [0.25, 0.3) is 23.6 Å². The molecular weight excluding hydrogens is 997 g/mol. The zero-order chi connectivity index (χ0) is 56.0. The average Bonchev–Trinajstić information content (AvgIpc) is 3.84. The molecule has 0 radical (unpaired) electrons. The van der Waals surface area contributed by atoms with Crippen molar-refractivity contribution in [2.24, 2.45) is 11.8 Å². The first-order chi connectivity index (χ1) is 38.4.